The maximum atomic E-state index is 14.2. The number of fused-ring (bicyclic) bond motifs is 1. The number of aromatic nitrogens is 1. The first kappa shape index (κ1) is 18.6. The van der Waals surface area contributed by atoms with Crippen LogP contribution in [0, 0.1) is 5.82 Å². The number of hydrogen-bond donors (Lipinski definition) is 2. The summed E-state index contributed by atoms with van der Waals surface area (Å²) in [5.41, 5.74) is 8.02. The zero-order valence-electron chi connectivity index (χ0n) is 15.3. The molecule has 3 aromatic rings. The van der Waals surface area contributed by atoms with Crippen molar-refractivity contribution >= 4 is 22.5 Å². The van der Waals surface area contributed by atoms with Crippen molar-refractivity contribution in [3.63, 3.8) is 0 Å². The third-order valence-electron chi connectivity index (χ3n) is 4.52. The van der Waals surface area contributed by atoms with Gasteiger partial charge in [-0.3, -0.25) is 9.78 Å². The van der Waals surface area contributed by atoms with Crippen molar-refractivity contribution in [1.29, 1.82) is 0 Å². The maximum absolute atomic E-state index is 14.2. The molecule has 0 spiro atoms. The van der Waals surface area contributed by atoms with Gasteiger partial charge >= 0.3 is 0 Å². The van der Waals surface area contributed by atoms with Gasteiger partial charge in [-0.05, 0) is 36.2 Å². The van der Waals surface area contributed by atoms with E-state index in [0.717, 1.165) is 29.5 Å². The number of carbonyl (C=O) groups is 1. The van der Waals surface area contributed by atoms with Crippen LogP contribution < -0.4 is 15.8 Å². The fourth-order valence-corrected chi connectivity index (χ4v) is 3.20. The van der Waals surface area contributed by atoms with Crippen molar-refractivity contribution < 1.29 is 13.9 Å². The second kappa shape index (κ2) is 8.03. The van der Waals surface area contributed by atoms with Crippen LogP contribution in [0.15, 0.2) is 48.7 Å². The van der Waals surface area contributed by atoms with E-state index in [2.05, 4.69) is 17.2 Å². The smallest absolute Gasteiger partial charge is 0.250 e. The second-order valence-corrected chi connectivity index (χ2v) is 6.30. The molecule has 27 heavy (non-hydrogen) atoms. The Morgan fingerprint density at radius 2 is 2.11 bits per heavy atom. The molecule has 5 nitrogen and oxygen atoms in total. The summed E-state index contributed by atoms with van der Waals surface area (Å²) in [7, 11) is 1.44. The number of amides is 1. The number of nitrogens with two attached hydrogens (primary N) is 1. The first-order chi connectivity index (χ1) is 13.0. The van der Waals surface area contributed by atoms with Gasteiger partial charge in [0.15, 0.2) is 11.6 Å². The number of benzene rings is 2. The van der Waals surface area contributed by atoms with Crippen LogP contribution in [0.2, 0.25) is 0 Å². The van der Waals surface area contributed by atoms with Crippen molar-refractivity contribution in [2.45, 2.75) is 25.8 Å². The Morgan fingerprint density at radius 3 is 2.78 bits per heavy atom. The highest BCUT2D eigenvalue weighted by molar-refractivity contribution is 6.07. The fraction of sp³-hybridized carbons (Fsp3) is 0.238. The molecule has 0 aliphatic heterocycles. The van der Waals surface area contributed by atoms with Gasteiger partial charge in [-0.25, -0.2) is 4.39 Å². The molecule has 0 saturated heterocycles. The minimum atomic E-state index is -0.521. The van der Waals surface area contributed by atoms with E-state index in [1.54, 1.807) is 24.4 Å². The van der Waals surface area contributed by atoms with E-state index in [1.807, 2.05) is 18.2 Å². The first-order valence-electron chi connectivity index (χ1n) is 8.82. The highest BCUT2D eigenvalue weighted by atomic mass is 19.1. The number of nitrogens with one attached hydrogen (secondary N) is 1. The number of methoxy groups -OCH3 is 1. The van der Waals surface area contributed by atoms with Gasteiger partial charge in [0.05, 0.1) is 24.2 Å². The van der Waals surface area contributed by atoms with Crippen molar-refractivity contribution in [2.24, 2.45) is 5.73 Å². The number of nitrogens with zero attached hydrogens (tertiary/aromatic N) is 1. The summed E-state index contributed by atoms with van der Waals surface area (Å²) in [6.45, 7) is 2.07. The summed E-state index contributed by atoms with van der Waals surface area (Å²) >= 11 is 0. The van der Waals surface area contributed by atoms with E-state index in [1.165, 1.54) is 13.2 Å². The predicted octanol–water partition coefficient (Wildman–Crippen LogP) is 4.43. The largest absolute Gasteiger partial charge is 0.494 e. The summed E-state index contributed by atoms with van der Waals surface area (Å²) in [5, 5.41) is 4.27. The van der Waals surface area contributed by atoms with Crippen molar-refractivity contribution in [3.05, 3.63) is 65.6 Å². The molecule has 0 bridgehead atoms. The lowest BCUT2D eigenvalue weighted by molar-refractivity contribution is 0.100. The summed E-state index contributed by atoms with van der Waals surface area (Å²) < 4.78 is 19.2. The Morgan fingerprint density at radius 1 is 1.30 bits per heavy atom. The normalized spacial score (nSPS) is 12.0. The SMILES string of the molecule is CCC[C@@H](Nc1ccnc2c(C(N)=O)cccc12)c1ccc(OC)c(F)c1. The molecule has 3 N–H and O–H groups in total. The minimum Gasteiger partial charge on any atom is -0.494 e. The number of ether oxygens (including phenoxy) is 1. The van der Waals surface area contributed by atoms with Crippen molar-refractivity contribution in [1.82, 2.24) is 4.98 Å². The number of rotatable bonds is 7. The highest BCUT2D eigenvalue weighted by Gasteiger charge is 2.16. The Hall–Kier alpha value is -3.15. The molecule has 1 atom stereocenters. The molecular weight excluding hydrogens is 345 g/mol. The number of pyridine rings is 1. The van der Waals surface area contributed by atoms with Gasteiger partial charge in [-0.2, -0.15) is 0 Å². The third-order valence-corrected chi connectivity index (χ3v) is 4.52. The monoisotopic (exact) mass is 367 g/mol. The van der Waals surface area contributed by atoms with Crippen molar-refractivity contribution in [3.8, 4) is 5.75 Å². The molecule has 1 aromatic heterocycles. The Bertz CT molecular complexity index is 975. The van der Waals surface area contributed by atoms with Crippen LogP contribution in [-0.2, 0) is 0 Å². The molecule has 0 fully saturated rings. The van der Waals surface area contributed by atoms with E-state index in [9.17, 15) is 9.18 Å². The molecule has 2 aromatic carbocycles. The molecule has 0 aliphatic rings. The van der Waals surface area contributed by atoms with E-state index < -0.39 is 11.7 Å². The summed E-state index contributed by atoms with van der Waals surface area (Å²) in [6, 6.07) is 12.0. The molecule has 0 saturated carbocycles. The van der Waals surface area contributed by atoms with Gasteiger partial charge in [-0.1, -0.05) is 31.5 Å². The van der Waals surface area contributed by atoms with Crippen LogP contribution in [0.5, 0.6) is 5.75 Å². The molecular formula is C21H22FN3O2. The van der Waals surface area contributed by atoms with Crippen LogP contribution >= 0.6 is 0 Å². The molecule has 0 unspecified atom stereocenters. The first-order valence-corrected chi connectivity index (χ1v) is 8.82. The summed E-state index contributed by atoms with van der Waals surface area (Å²) in [4.78, 5) is 16.0. The molecule has 1 heterocycles. The number of hydrogen-bond acceptors (Lipinski definition) is 4. The predicted molar refractivity (Wildman–Crippen MR) is 104 cm³/mol. The van der Waals surface area contributed by atoms with E-state index in [-0.39, 0.29) is 11.8 Å². The average molecular weight is 367 g/mol. The maximum Gasteiger partial charge on any atom is 0.250 e. The summed E-state index contributed by atoms with van der Waals surface area (Å²) in [6.07, 6.45) is 3.36. The van der Waals surface area contributed by atoms with Crippen LogP contribution in [0.3, 0.4) is 0 Å². The molecule has 6 heteroatoms. The van der Waals surface area contributed by atoms with Gasteiger partial charge in [0.25, 0.3) is 5.91 Å². The lowest BCUT2D eigenvalue weighted by Gasteiger charge is -2.21. The minimum absolute atomic E-state index is 0.0989. The van der Waals surface area contributed by atoms with E-state index in [0.29, 0.717) is 11.1 Å². The quantitative estimate of drug-likeness (QED) is 0.647. The number of para-hydroxylation sites is 1. The Balaban J connectivity index is 2.01. The topological polar surface area (TPSA) is 77.2 Å². The number of carbonyl (C=O) groups excluding carboxylic acids is 1. The molecule has 140 valence electrons. The highest BCUT2D eigenvalue weighted by Crippen LogP contribution is 2.31. The van der Waals surface area contributed by atoms with E-state index in [4.69, 9.17) is 10.5 Å². The van der Waals surface area contributed by atoms with Crippen molar-refractivity contribution in [2.75, 3.05) is 12.4 Å². The number of halogens is 1. The Labute approximate surface area is 157 Å². The molecule has 1 amide bonds. The van der Waals surface area contributed by atoms with Gasteiger partial charge in [0.1, 0.15) is 0 Å². The average Bonchev–Trinajstić information content (AvgIpc) is 2.67. The second-order valence-electron chi connectivity index (χ2n) is 6.30. The summed E-state index contributed by atoms with van der Waals surface area (Å²) in [5.74, 6) is -0.699. The van der Waals surface area contributed by atoms with Gasteiger partial charge < -0.3 is 15.8 Å². The van der Waals surface area contributed by atoms with E-state index >= 15 is 0 Å². The molecule has 0 radical (unpaired) electrons. The van der Waals surface area contributed by atoms with Gasteiger partial charge in [0.2, 0.25) is 0 Å². The van der Waals surface area contributed by atoms with Crippen LogP contribution in [0.1, 0.15) is 41.7 Å². The third kappa shape index (κ3) is 3.84. The van der Waals surface area contributed by atoms with Gasteiger partial charge in [0, 0.05) is 17.3 Å². The number of anilines is 1. The fourth-order valence-electron chi connectivity index (χ4n) is 3.20. The standard InChI is InChI=1S/C21H22FN3O2/c1-3-5-17(13-8-9-19(27-2)16(22)12-13)25-18-10-11-24-20-14(18)6-4-7-15(20)21(23)26/h4,6-12,17H,3,5H2,1-2H3,(H2,23,26)(H,24,25)/t17-/m1/s1. The molecule has 3 rings (SSSR count). The zero-order chi connectivity index (χ0) is 19.4. The van der Waals surface area contributed by atoms with Crippen LogP contribution in [0.4, 0.5) is 10.1 Å². The van der Waals surface area contributed by atoms with Crippen LogP contribution in [0.25, 0.3) is 10.9 Å². The van der Waals surface area contributed by atoms with Crippen LogP contribution in [-0.4, -0.2) is 18.0 Å². The zero-order valence-corrected chi connectivity index (χ0v) is 15.3. The lowest BCUT2D eigenvalue weighted by Crippen LogP contribution is -2.13. The molecule has 0 aliphatic carbocycles. The lowest BCUT2D eigenvalue weighted by atomic mass is 10.0. The Kier molecular flexibility index (Phi) is 5.54. The van der Waals surface area contributed by atoms with Gasteiger partial charge in [-0.15, -0.1) is 0 Å². The number of primary amides is 1.